The monoisotopic (exact) mass is 360 g/mol. The van der Waals surface area contributed by atoms with Crippen LogP contribution in [0.4, 0.5) is 10.5 Å². The van der Waals surface area contributed by atoms with Gasteiger partial charge in [0.05, 0.1) is 5.41 Å². The molecule has 1 aromatic rings. The zero-order chi connectivity index (χ0) is 19.5. The van der Waals surface area contributed by atoms with Crippen molar-refractivity contribution in [3.63, 3.8) is 0 Å². The van der Waals surface area contributed by atoms with Crippen LogP contribution in [0.3, 0.4) is 0 Å². The number of likely N-dealkylation sites (tertiary alicyclic amines) is 1. The van der Waals surface area contributed by atoms with Crippen LogP contribution in [-0.4, -0.2) is 35.6 Å². The fourth-order valence-electron chi connectivity index (χ4n) is 2.97. The molecule has 2 amide bonds. The van der Waals surface area contributed by atoms with E-state index in [0.717, 1.165) is 5.69 Å². The molecule has 0 unspecified atom stereocenters. The number of piperidine rings is 1. The van der Waals surface area contributed by atoms with E-state index >= 15 is 0 Å². The van der Waals surface area contributed by atoms with Crippen molar-refractivity contribution in [2.24, 2.45) is 5.41 Å². The van der Waals surface area contributed by atoms with Crippen molar-refractivity contribution in [3.05, 3.63) is 29.8 Å². The van der Waals surface area contributed by atoms with Gasteiger partial charge < -0.3 is 15.0 Å². The molecule has 0 saturated carbocycles. The molecule has 0 aromatic heterocycles. The van der Waals surface area contributed by atoms with Crippen molar-refractivity contribution in [2.45, 2.75) is 65.9 Å². The lowest BCUT2D eigenvalue weighted by molar-refractivity contribution is -0.127. The lowest BCUT2D eigenvalue weighted by Crippen LogP contribution is -2.48. The number of nitrogens with zero attached hydrogens (tertiary/aromatic N) is 1. The van der Waals surface area contributed by atoms with Crippen LogP contribution in [-0.2, 0) is 9.53 Å². The highest BCUT2D eigenvalue weighted by atomic mass is 16.6. The number of amides is 2. The minimum atomic E-state index is -0.503. The summed E-state index contributed by atoms with van der Waals surface area (Å²) in [4.78, 5) is 26.6. The molecule has 1 N–H and O–H groups in total. The van der Waals surface area contributed by atoms with Crippen molar-refractivity contribution >= 4 is 17.7 Å². The van der Waals surface area contributed by atoms with E-state index in [0.29, 0.717) is 31.8 Å². The minimum Gasteiger partial charge on any atom is -0.444 e. The van der Waals surface area contributed by atoms with E-state index in [1.165, 1.54) is 5.56 Å². The molecular weight excluding hydrogens is 328 g/mol. The molecule has 1 aliphatic heterocycles. The van der Waals surface area contributed by atoms with E-state index in [2.05, 4.69) is 19.2 Å². The first kappa shape index (κ1) is 20.3. The second-order valence-corrected chi connectivity index (χ2v) is 8.76. The van der Waals surface area contributed by atoms with Gasteiger partial charge in [-0.1, -0.05) is 32.9 Å². The number of rotatable bonds is 3. The van der Waals surface area contributed by atoms with E-state index in [1.807, 2.05) is 52.0 Å². The number of hydrogen-bond acceptors (Lipinski definition) is 3. The van der Waals surface area contributed by atoms with Gasteiger partial charge in [0.15, 0.2) is 0 Å². The average Bonchev–Trinajstić information content (AvgIpc) is 2.54. The molecule has 1 fully saturated rings. The molecule has 0 radical (unpaired) electrons. The molecule has 0 aliphatic carbocycles. The smallest absolute Gasteiger partial charge is 0.410 e. The van der Waals surface area contributed by atoms with Crippen LogP contribution >= 0.6 is 0 Å². The first-order valence-corrected chi connectivity index (χ1v) is 9.39. The molecule has 1 saturated heterocycles. The largest absolute Gasteiger partial charge is 0.444 e. The Bertz CT molecular complexity index is 636. The topological polar surface area (TPSA) is 58.6 Å². The first-order chi connectivity index (χ1) is 12.0. The second kappa shape index (κ2) is 7.68. The lowest BCUT2D eigenvalue weighted by Gasteiger charge is -2.38. The summed E-state index contributed by atoms with van der Waals surface area (Å²) in [7, 11) is 0. The van der Waals surface area contributed by atoms with Gasteiger partial charge in [-0.2, -0.15) is 0 Å². The van der Waals surface area contributed by atoms with Gasteiger partial charge in [0.2, 0.25) is 5.91 Å². The number of ether oxygens (including phenoxy) is 1. The Morgan fingerprint density at radius 3 is 2.12 bits per heavy atom. The van der Waals surface area contributed by atoms with E-state index in [4.69, 9.17) is 4.74 Å². The second-order valence-electron chi connectivity index (χ2n) is 8.76. The highest BCUT2D eigenvalue weighted by Crippen LogP contribution is 2.33. The number of carbonyl (C=O) groups is 2. The standard InChI is InChI=1S/C21H32N2O3/c1-15(2)16-7-9-17(10-8-16)22-18(24)21(6)11-13-23(14-12-21)19(25)26-20(3,4)5/h7-10,15H,11-14H2,1-6H3,(H,22,24). The van der Waals surface area contributed by atoms with Gasteiger partial charge in [-0.25, -0.2) is 4.79 Å². The summed E-state index contributed by atoms with van der Waals surface area (Å²) >= 11 is 0. The highest BCUT2D eigenvalue weighted by Gasteiger charge is 2.39. The van der Waals surface area contributed by atoms with Crippen molar-refractivity contribution in [2.75, 3.05) is 18.4 Å². The zero-order valence-corrected chi connectivity index (χ0v) is 16.9. The average molecular weight is 360 g/mol. The Hall–Kier alpha value is -2.04. The number of nitrogens with one attached hydrogen (secondary N) is 1. The summed E-state index contributed by atoms with van der Waals surface area (Å²) in [6, 6.07) is 8.00. The summed E-state index contributed by atoms with van der Waals surface area (Å²) in [6.07, 6.45) is 0.953. The van der Waals surface area contributed by atoms with E-state index in [1.54, 1.807) is 4.90 Å². The van der Waals surface area contributed by atoms with Crippen LogP contribution < -0.4 is 5.32 Å². The van der Waals surface area contributed by atoms with Crippen molar-refractivity contribution < 1.29 is 14.3 Å². The van der Waals surface area contributed by atoms with E-state index < -0.39 is 11.0 Å². The fraction of sp³-hybridized carbons (Fsp3) is 0.619. The molecule has 1 aliphatic rings. The predicted molar refractivity (Wildman–Crippen MR) is 104 cm³/mol. The van der Waals surface area contributed by atoms with Gasteiger partial charge >= 0.3 is 6.09 Å². The third-order valence-electron chi connectivity index (χ3n) is 4.90. The van der Waals surface area contributed by atoms with E-state index in [9.17, 15) is 9.59 Å². The third kappa shape index (κ3) is 5.23. The number of hydrogen-bond donors (Lipinski definition) is 1. The summed E-state index contributed by atoms with van der Waals surface area (Å²) in [5.74, 6) is 0.480. The van der Waals surface area contributed by atoms with Crippen LogP contribution in [0.5, 0.6) is 0 Å². The molecule has 2 rings (SSSR count). The first-order valence-electron chi connectivity index (χ1n) is 9.39. The van der Waals surface area contributed by atoms with Crippen molar-refractivity contribution in [1.29, 1.82) is 0 Å². The van der Waals surface area contributed by atoms with Gasteiger partial charge in [0.25, 0.3) is 0 Å². The van der Waals surface area contributed by atoms with E-state index in [-0.39, 0.29) is 12.0 Å². The number of benzene rings is 1. The summed E-state index contributed by atoms with van der Waals surface area (Å²) < 4.78 is 5.42. The maximum absolute atomic E-state index is 12.8. The minimum absolute atomic E-state index is 0.0126. The molecule has 5 nitrogen and oxygen atoms in total. The number of carbonyl (C=O) groups excluding carboxylic acids is 2. The van der Waals surface area contributed by atoms with Gasteiger partial charge in [0.1, 0.15) is 5.60 Å². The van der Waals surface area contributed by atoms with Crippen LogP contribution in [0, 0.1) is 5.41 Å². The summed E-state index contributed by atoms with van der Waals surface area (Å²) in [5.41, 5.74) is 1.09. The van der Waals surface area contributed by atoms with Crippen molar-refractivity contribution in [1.82, 2.24) is 4.90 Å². The van der Waals surface area contributed by atoms with Crippen LogP contribution in [0.1, 0.15) is 65.9 Å². The van der Waals surface area contributed by atoms with Gasteiger partial charge in [-0.15, -0.1) is 0 Å². The Labute approximate surface area is 157 Å². The SMILES string of the molecule is CC(C)c1ccc(NC(=O)C2(C)CCN(C(=O)OC(C)(C)C)CC2)cc1. The Kier molecular flexibility index (Phi) is 5.99. The quantitative estimate of drug-likeness (QED) is 0.843. The molecule has 144 valence electrons. The summed E-state index contributed by atoms with van der Waals surface area (Å²) in [5, 5.41) is 3.03. The van der Waals surface area contributed by atoms with Gasteiger partial charge in [-0.3, -0.25) is 4.79 Å². The molecule has 0 spiro atoms. The fourth-order valence-corrected chi connectivity index (χ4v) is 2.97. The normalized spacial score (nSPS) is 17.1. The molecule has 1 heterocycles. The number of anilines is 1. The Morgan fingerprint density at radius 2 is 1.65 bits per heavy atom. The van der Waals surface area contributed by atoms with Gasteiger partial charge in [0, 0.05) is 18.8 Å². The zero-order valence-electron chi connectivity index (χ0n) is 16.9. The molecule has 0 bridgehead atoms. The Balaban J connectivity index is 1.93. The molecule has 1 aromatic carbocycles. The van der Waals surface area contributed by atoms with Crippen LogP contribution in [0.2, 0.25) is 0 Å². The predicted octanol–water partition coefficient (Wildman–Crippen LogP) is 4.79. The summed E-state index contributed by atoms with van der Waals surface area (Å²) in [6.45, 7) is 12.9. The van der Waals surface area contributed by atoms with Crippen molar-refractivity contribution in [3.8, 4) is 0 Å². The maximum atomic E-state index is 12.8. The van der Waals surface area contributed by atoms with Crippen LogP contribution in [0.15, 0.2) is 24.3 Å². The molecule has 0 atom stereocenters. The Morgan fingerprint density at radius 1 is 1.12 bits per heavy atom. The molecule has 26 heavy (non-hydrogen) atoms. The lowest BCUT2D eigenvalue weighted by atomic mass is 9.79. The maximum Gasteiger partial charge on any atom is 0.410 e. The van der Waals surface area contributed by atoms with Crippen LogP contribution in [0.25, 0.3) is 0 Å². The third-order valence-corrected chi connectivity index (χ3v) is 4.90. The van der Waals surface area contributed by atoms with Gasteiger partial charge in [-0.05, 0) is 57.2 Å². The molecular formula is C21H32N2O3. The molecule has 5 heteroatoms. The highest BCUT2D eigenvalue weighted by molar-refractivity contribution is 5.95.